The Morgan fingerprint density at radius 1 is 1.17 bits per heavy atom. The first kappa shape index (κ1) is 11.8. The molecule has 0 aliphatic carbocycles. The van der Waals surface area contributed by atoms with Crippen molar-refractivity contribution in [2.24, 2.45) is 0 Å². The summed E-state index contributed by atoms with van der Waals surface area (Å²) in [6, 6.07) is 6.27. The van der Waals surface area contributed by atoms with Gasteiger partial charge in [0.1, 0.15) is 5.58 Å². The zero-order valence-electron chi connectivity index (χ0n) is 11.1. The van der Waals surface area contributed by atoms with Crippen molar-refractivity contribution < 1.29 is 4.42 Å². The zero-order valence-corrected chi connectivity index (χ0v) is 11.1. The molecule has 0 atom stereocenters. The van der Waals surface area contributed by atoms with Crippen LogP contribution in [0.15, 0.2) is 28.9 Å². The Bertz CT molecular complexity index is 538. The van der Waals surface area contributed by atoms with Crippen LogP contribution >= 0.6 is 0 Å². The molecule has 3 rings (SSSR count). The second kappa shape index (κ2) is 4.75. The van der Waals surface area contributed by atoms with Gasteiger partial charge in [-0.1, -0.05) is 12.1 Å². The van der Waals surface area contributed by atoms with Crippen LogP contribution in [0.2, 0.25) is 0 Å². The first-order valence-electron chi connectivity index (χ1n) is 6.60. The van der Waals surface area contributed by atoms with Gasteiger partial charge in [-0.3, -0.25) is 4.90 Å². The molecule has 96 valence electrons. The van der Waals surface area contributed by atoms with E-state index in [1.54, 1.807) is 0 Å². The summed E-state index contributed by atoms with van der Waals surface area (Å²) < 4.78 is 5.66. The quantitative estimate of drug-likeness (QED) is 0.809. The van der Waals surface area contributed by atoms with Gasteiger partial charge >= 0.3 is 0 Å². The molecule has 3 heteroatoms. The summed E-state index contributed by atoms with van der Waals surface area (Å²) in [6.45, 7) is 7.78. The Kier molecular flexibility index (Phi) is 3.10. The SMILES string of the molecule is Cc1cccc2occ(CN3CCN(C)CC3)c12. The molecule has 0 saturated carbocycles. The minimum absolute atomic E-state index is 1.01. The topological polar surface area (TPSA) is 19.6 Å². The molecule has 0 spiro atoms. The Hall–Kier alpha value is -1.32. The number of fused-ring (bicyclic) bond motifs is 1. The molecule has 0 amide bonds. The van der Waals surface area contributed by atoms with Gasteiger partial charge in [0, 0.05) is 43.7 Å². The normalized spacial score (nSPS) is 18.6. The van der Waals surface area contributed by atoms with Gasteiger partial charge in [0.15, 0.2) is 0 Å². The molecule has 2 aromatic rings. The van der Waals surface area contributed by atoms with Crippen LogP contribution in [0.4, 0.5) is 0 Å². The number of hydrogen-bond donors (Lipinski definition) is 0. The van der Waals surface area contributed by atoms with E-state index >= 15 is 0 Å². The molecule has 3 nitrogen and oxygen atoms in total. The fourth-order valence-corrected chi connectivity index (χ4v) is 2.71. The van der Waals surface area contributed by atoms with E-state index in [0.717, 1.165) is 38.3 Å². The number of rotatable bonds is 2. The third kappa shape index (κ3) is 2.16. The summed E-state index contributed by atoms with van der Waals surface area (Å²) >= 11 is 0. The third-order valence-corrected chi connectivity index (χ3v) is 3.87. The molecule has 0 N–H and O–H groups in total. The van der Waals surface area contributed by atoms with E-state index < -0.39 is 0 Å². The lowest BCUT2D eigenvalue weighted by Crippen LogP contribution is -2.43. The van der Waals surface area contributed by atoms with Gasteiger partial charge < -0.3 is 9.32 Å². The average Bonchev–Trinajstić information content (AvgIpc) is 2.77. The molecule has 2 heterocycles. The molecule has 1 aromatic carbocycles. The lowest BCUT2D eigenvalue weighted by atomic mass is 10.1. The minimum atomic E-state index is 1.01. The molecule has 1 saturated heterocycles. The molecule has 0 unspecified atom stereocenters. The molecule has 1 aliphatic rings. The predicted octanol–water partition coefficient (Wildman–Crippen LogP) is 2.49. The van der Waals surface area contributed by atoms with Crippen LogP contribution in [0, 0.1) is 6.92 Å². The smallest absolute Gasteiger partial charge is 0.134 e. The van der Waals surface area contributed by atoms with E-state index in [9.17, 15) is 0 Å². The van der Waals surface area contributed by atoms with Crippen LogP contribution in [-0.2, 0) is 6.54 Å². The summed E-state index contributed by atoms with van der Waals surface area (Å²) in [5, 5.41) is 1.30. The lowest BCUT2D eigenvalue weighted by Gasteiger charge is -2.32. The van der Waals surface area contributed by atoms with Crippen molar-refractivity contribution in [3.63, 3.8) is 0 Å². The highest BCUT2D eigenvalue weighted by molar-refractivity contribution is 5.84. The van der Waals surface area contributed by atoms with Crippen molar-refractivity contribution in [1.82, 2.24) is 9.80 Å². The predicted molar refractivity (Wildman–Crippen MR) is 73.7 cm³/mol. The van der Waals surface area contributed by atoms with Gasteiger partial charge in [0.25, 0.3) is 0 Å². The Labute approximate surface area is 108 Å². The Balaban J connectivity index is 1.82. The number of likely N-dealkylation sites (N-methyl/N-ethyl adjacent to an activating group) is 1. The Morgan fingerprint density at radius 2 is 1.94 bits per heavy atom. The zero-order chi connectivity index (χ0) is 12.5. The van der Waals surface area contributed by atoms with E-state index in [0.29, 0.717) is 0 Å². The average molecular weight is 244 g/mol. The number of benzene rings is 1. The fourth-order valence-electron chi connectivity index (χ4n) is 2.71. The van der Waals surface area contributed by atoms with Gasteiger partial charge in [0.2, 0.25) is 0 Å². The van der Waals surface area contributed by atoms with Crippen LogP contribution in [0.1, 0.15) is 11.1 Å². The van der Waals surface area contributed by atoms with Crippen LogP contribution in [-0.4, -0.2) is 43.0 Å². The standard InChI is InChI=1S/C15H20N2O/c1-12-4-3-5-14-15(12)13(11-18-14)10-17-8-6-16(2)7-9-17/h3-5,11H,6-10H2,1-2H3. The van der Waals surface area contributed by atoms with Gasteiger partial charge in [-0.25, -0.2) is 0 Å². The van der Waals surface area contributed by atoms with Gasteiger partial charge in [-0.15, -0.1) is 0 Å². The molecular weight excluding hydrogens is 224 g/mol. The van der Waals surface area contributed by atoms with Crippen molar-refractivity contribution in [3.05, 3.63) is 35.6 Å². The third-order valence-electron chi connectivity index (χ3n) is 3.87. The molecule has 18 heavy (non-hydrogen) atoms. The summed E-state index contributed by atoms with van der Waals surface area (Å²) in [7, 11) is 2.19. The van der Waals surface area contributed by atoms with Gasteiger partial charge in [0.05, 0.1) is 6.26 Å². The second-order valence-corrected chi connectivity index (χ2v) is 5.29. The van der Waals surface area contributed by atoms with Crippen molar-refractivity contribution in [2.75, 3.05) is 33.2 Å². The number of piperazine rings is 1. The monoisotopic (exact) mass is 244 g/mol. The van der Waals surface area contributed by atoms with Crippen LogP contribution in [0.3, 0.4) is 0 Å². The van der Waals surface area contributed by atoms with E-state index in [1.165, 1.54) is 16.5 Å². The molecular formula is C15H20N2O. The van der Waals surface area contributed by atoms with Crippen LogP contribution < -0.4 is 0 Å². The second-order valence-electron chi connectivity index (χ2n) is 5.29. The first-order valence-corrected chi connectivity index (χ1v) is 6.60. The van der Waals surface area contributed by atoms with E-state index in [4.69, 9.17) is 4.42 Å². The summed E-state index contributed by atoms with van der Waals surface area (Å²) in [5.41, 5.74) is 3.65. The summed E-state index contributed by atoms with van der Waals surface area (Å²) in [5.74, 6) is 0. The van der Waals surface area contributed by atoms with E-state index in [-0.39, 0.29) is 0 Å². The minimum Gasteiger partial charge on any atom is -0.464 e. The Morgan fingerprint density at radius 3 is 2.72 bits per heavy atom. The maximum atomic E-state index is 5.66. The van der Waals surface area contributed by atoms with Crippen molar-refractivity contribution in [2.45, 2.75) is 13.5 Å². The molecule has 0 radical (unpaired) electrons. The van der Waals surface area contributed by atoms with Crippen molar-refractivity contribution in [1.29, 1.82) is 0 Å². The highest BCUT2D eigenvalue weighted by atomic mass is 16.3. The first-order chi connectivity index (χ1) is 8.74. The molecule has 1 fully saturated rings. The summed E-state index contributed by atoms with van der Waals surface area (Å²) in [6.07, 6.45) is 1.93. The largest absolute Gasteiger partial charge is 0.464 e. The molecule has 0 bridgehead atoms. The van der Waals surface area contributed by atoms with Crippen LogP contribution in [0.25, 0.3) is 11.0 Å². The van der Waals surface area contributed by atoms with Crippen LogP contribution in [0.5, 0.6) is 0 Å². The van der Waals surface area contributed by atoms with E-state index in [2.05, 4.69) is 42.0 Å². The molecule has 1 aromatic heterocycles. The van der Waals surface area contributed by atoms with Gasteiger partial charge in [-0.2, -0.15) is 0 Å². The van der Waals surface area contributed by atoms with Crippen molar-refractivity contribution >= 4 is 11.0 Å². The number of furan rings is 1. The van der Waals surface area contributed by atoms with Gasteiger partial charge in [-0.05, 0) is 25.6 Å². The number of hydrogen-bond acceptors (Lipinski definition) is 3. The lowest BCUT2D eigenvalue weighted by molar-refractivity contribution is 0.148. The highest BCUT2D eigenvalue weighted by Crippen LogP contribution is 2.25. The number of aryl methyl sites for hydroxylation is 1. The highest BCUT2D eigenvalue weighted by Gasteiger charge is 2.16. The number of nitrogens with zero attached hydrogens (tertiary/aromatic N) is 2. The fraction of sp³-hybridized carbons (Fsp3) is 0.467. The van der Waals surface area contributed by atoms with Crippen molar-refractivity contribution in [3.8, 4) is 0 Å². The summed E-state index contributed by atoms with van der Waals surface area (Å²) in [4.78, 5) is 4.89. The molecule has 1 aliphatic heterocycles. The maximum absolute atomic E-state index is 5.66. The van der Waals surface area contributed by atoms with E-state index in [1.807, 2.05) is 6.26 Å². The maximum Gasteiger partial charge on any atom is 0.134 e.